The number of carbonyl (C=O) groups excluding carboxylic acids is 2. The van der Waals surface area contributed by atoms with Crippen LogP contribution < -0.4 is 0 Å². The van der Waals surface area contributed by atoms with Crippen LogP contribution in [-0.2, 0) is 22.6 Å². The standard InChI is InChI=1S/C29H40N2O3/c1-18(32)29(34)13-11-25-23-9-6-21-14-26-20(15-27(21,2)24(23)10-12-28(25,29)3)17-31(30-26)16-19-4-7-22(33)8-5-19/h14,17,19,23-25,34H,4-13,15-16H2,1-3H3/t23-,24+,25+,27+,28+,29+/m1/s1. The second kappa shape index (κ2) is 7.62. The molecule has 0 bridgehead atoms. The minimum atomic E-state index is -1.13. The summed E-state index contributed by atoms with van der Waals surface area (Å²) in [6.45, 7) is 7.21. The Kier molecular flexibility index (Phi) is 5.09. The van der Waals surface area contributed by atoms with Crippen molar-refractivity contribution in [2.24, 2.45) is 34.5 Å². The second-order valence-electron chi connectivity index (χ2n) is 12.8. The minimum absolute atomic E-state index is 0.0318. The van der Waals surface area contributed by atoms with E-state index in [4.69, 9.17) is 5.10 Å². The molecular weight excluding hydrogens is 424 g/mol. The minimum Gasteiger partial charge on any atom is -0.382 e. The van der Waals surface area contributed by atoms with E-state index < -0.39 is 5.60 Å². The van der Waals surface area contributed by atoms with Gasteiger partial charge in [0.1, 0.15) is 11.4 Å². The quantitative estimate of drug-likeness (QED) is 0.672. The molecule has 1 N–H and O–H groups in total. The maximum atomic E-state index is 12.5. The molecule has 5 nitrogen and oxygen atoms in total. The first kappa shape index (κ1) is 22.7. The first-order valence-corrected chi connectivity index (χ1v) is 13.7. The molecule has 4 saturated carbocycles. The van der Waals surface area contributed by atoms with Gasteiger partial charge in [0.15, 0.2) is 5.78 Å². The Hall–Kier alpha value is -1.75. The van der Waals surface area contributed by atoms with Crippen LogP contribution in [0.5, 0.6) is 0 Å². The number of Topliss-reactive ketones (excluding diaryl/α,β-unsaturated/α-hetero) is 2. The van der Waals surface area contributed by atoms with Crippen molar-refractivity contribution in [3.63, 3.8) is 0 Å². The molecule has 5 aliphatic rings. The van der Waals surface area contributed by atoms with Gasteiger partial charge in [-0.05, 0) is 105 Å². The van der Waals surface area contributed by atoms with Crippen molar-refractivity contribution in [2.45, 2.75) is 104 Å². The molecule has 0 aromatic carbocycles. The van der Waals surface area contributed by atoms with Crippen LogP contribution in [0.4, 0.5) is 0 Å². The van der Waals surface area contributed by atoms with Gasteiger partial charge in [-0.1, -0.05) is 19.4 Å². The number of aliphatic hydroxyl groups is 1. The lowest BCUT2D eigenvalue weighted by Crippen LogP contribution is -2.57. The van der Waals surface area contributed by atoms with E-state index in [9.17, 15) is 14.7 Å². The third-order valence-corrected chi connectivity index (χ3v) is 11.3. The fourth-order valence-corrected chi connectivity index (χ4v) is 9.24. The summed E-state index contributed by atoms with van der Waals surface area (Å²) >= 11 is 0. The van der Waals surface area contributed by atoms with E-state index >= 15 is 0 Å². The van der Waals surface area contributed by atoms with Gasteiger partial charge in [0.25, 0.3) is 0 Å². The highest BCUT2D eigenvalue weighted by molar-refractivity contribution is 5.86. The summed E-state index contributed by atoms with van der Waals surface area (Å²) in [6, 6.07) is 0. The van der Waals surface area contributed by atoms with E-state index in [0.717, 1.165) is 70.0 Å². The Balaban J connectivity index is 1.24. The van der Waals surface area contributed by atoms with Crippen LogP contribution in [0.3, 0.4) is 0 Å². The predicted molar refractivity (Wildman–Crippen MR) is 131 cm³/mol. The average Bonchev–Trinajstić information content (AvgIpc) is 3.30. The van der Waals surface area contributed by atoms with Crippen LogP contribution in [0.25, 0.3) is 6.08 Å². The Labute approximate surface area is 203 Å². The molecule has 4 fully saturated rings. The van der Waals surface area contributed by atoms with Crippen molar-refractivity contribution < 1.29 is 14.7 Å². The second-order valence-corrected chi connectivity index (χ2v) is 12.8. The fourth-order valence-electron chi connectivity index (χ4n) is 9.24. The van der Waals surface area contributed by atoms with E-state index in [0.29, 0.717) is 35.9 Å². The Morgan fingerprint density at radius 1 is 1.09 bits per heavy atom. The molecule has 34 heavy (non-hydrogen) atoms. The smallest absolute Gasteiger partial charge is 0.161 e. The van der Waals surface area contributed by atoms with Gasteiger partial charge in [-0.25, -0.2) is 0 Å². The lowest BCUT2D eigenvalue weighted by Gasteiger charge is -2.58. The van der Waals surface area contributed by atoms with Crippen LogP contribution in [-0.4, -0.2) is 32.1 Å². The summed E-state index contributed by atoms with van der Waals surface area (Å²) in [6.07, 6.45) is 15.1. The van der Waals surface area contributed by atoms with Crippen LogP contribution in [0, 0.1) is 34.5 Å². The monoisotopic (exact) mass is 464 g/mol. The third-order valence-electron chi connectivity index (χ3n) is 11.3. The van der Waals surface area contributed by atoms with E-state index in [1.807, 2.05) is 0 Å². The van der Waals surface area contributed by atoms with Gasteiger partial charge in [0.2, 0.25) is 0 Å². The number of ketones is 2. The molecule has 1 aromatic rings. The molecule has 0 aliphatic heterocycles. The van der Waals surface area contributed by atoms with Crippen molar-refractivity contribution >= 4 is 17.6 Å². The number of nitrogens with zero attached hydrogens (tertiary/aromatic N) is 2. The first-order valence-electron chi connectivity index (χ1n) is 13.7. The molecule has 1 aromatic heterocycles. The first-order chi connectivity index (χ1) is 16.1. The zero-order valence-corrected chi connectivity index (χ0v) is 21.1. The van der Waals surface area contributed by atoms with Crippen molar-refractivity contribution in [3.8, 4) is 0 Å². The number of hydrogen-bond acceptors (Lipinski definition) is 4. The summed E-state index contributed by atoms with van der Waals surface area (Å²) in [4.78, 5) is 24.1. The molecule has 0 unspecified atom stereocenters. The van der Waals surface area contributed by atoms with Crippen molar-refractivity contribution in [1.29, 1.82) is 0 Å². The highest BCUT2D eigenvalue weighted by Gasteiger charge is 2.65. The molecule has 1 heterocycles. The Bertz CT molecular complexity index is 1060. The van der Waals surface area contributed by atoms with Gasteiger partial charge in [-0.15, -0.1) is 0 Å². The molecule has 0 spiro atoms. The molecule has 6 atom stereocenters. The summed E-state index contributed by atoms with van der Waals surface area (Å²) in [5.41, 5.74) is 2.84. The lowest BCUT2D eigenvalue weighted by molar-refractivity contribution is -0.159. The van der Waals surface area contributed by atoms with Crippen LogP contribution in [0.2, 0.25) is 0 Å². The molecule has 5 aliphatic carbocycles. The highest BCUT2D eigenvalue weighted by atomic mass is 16.3. The highest BCUT2D eigenvalue weighted by Crippen LogP contribution is 2.67. The summed E-state index contributed by atoms with van der Waals surface area (Å²) in [5.74, 6) is 2.59. The normalized spacial score (nSPS) is 41.8. The van der Waals surface area contributed by atoms with Gasteiger partial charge in [0.05, 0.1) is 5.69 Å². The molecule has 184 valence electrons. The molecular formula is C29H40N2O3. The van der Waals surface area contributed by atoms with Crippen LogP contribution in [0.1, 0.15) is 96.2 Å². The maximum Gasteiger partial charge on any atom is 0.161 e. The summed E-state index contributed by atoms with van der Waals surface area (Å²) in [7, 11) is 0. The van der Waals surface area contributed by atoms with Crippen LogP contribution in [0.15, 0.2) is 11.8 Å². The van der Waals surface area contributed by atoms with Crippen molar-refractivity contribution in [2.75, 3.05) is 0 Å². The van der Waals surface area contributed by atoms with Gasteiger partial charge < -0.3 is 5.11 Å². The maximum absolute atomic E-state index is 12.5. The SMILES string of the molecule is CC(=O)[C@@]1(O)CC[C@H]2[C@@H]3CCC4=Cc5nn(CC6CCC(=O)CC6)cc5C[C@]4(C)[C@H]3CC[C@@]21C. The zero-order valence-electron chi connectivity index (χ0n) is 21.1. The van der Waals surface area contributed by atoms with Gasteiger partial charge in [-0.2, -0.15) is 5.10 Å². The predicted octanol–water partition coefficient (Wildman–Crippen LogP) is 5.14. The lowest BCUT2D eigenvalue weighted by atomic mass is 9.46. The molecule has 5 heteroatoms. The number of allylic oxidation sites excluding steroid dienone is 1. The number of rotatable bonds is 3. The number of fused-ring (bicyclic) bond motifs is 6. The van der Waals surface area contributed by atoms with E-state index in [-0.39, 0.29) is 16.6 Å². The molecule has 0 saturated heterocycles. The molecule has 6 rings (SSSR count). The zero-order chi connectivity index (χ0) is 23.9. The van der Waals surface area contributed by atoms with E-state index in [1.165, 1.54) is 12.0 Å². The summed E-state index contributed by atoms with van der Waals surface area (Å²) in [5, 5.41) is 16.4. The van der Waals surface area contributed by atoms with Crippen LogP contribution >= 0.6 is 0 Å². The topological polar surface area (TPSA) is 72.2 Å². The fraction of sp³-hybridized carbons (Fsp3) is 0.759. The number of carbonyl (C=O) groups is 2. The Morgan fingerprint density at radius 3 is 2.56 bits per heavy atom. The molecule has 0 radical (unpaired) electrons. The number of hydrogen-bond donors (Lipinski definition) is 1. The van der Waals surface area contributed by atoms with Gasteiger partial charge >= 0.3 is 0 Å². The van der Waals surface area contributed by atoms with E-state index in [2.05, 4.69) is 30.8 Å². The largest absolute Gasteiger partial charge is 0.382 e. The average molecular weight is 465 g/mol. The summed E-state index contributed by atoms with van der Waals surface area (Å²) < 4.78 is 2.16. The van der Waals surface area contributed by atoms with E-state index in [1.54, 1.807) is 12.5 Å². The third kappa shape index (κ3) is 3.11. The Morgan fingerprint density at radius 2 is 1.82 bits per heavy atom. The van der Waals surface area contributed by atoms with Gasteiger partial charge in [-0.3, -0.25) is 14.3 Å². The van der Waals surface area contributed by atoms with Gasteiger partial charge in [0, 0.05) is 31.0 Å². The number of aromatic nitrogens is 2. The van der Waals surface area contributed by atoms with Crippen molar-refractivity contribution in [1.82, 2.24) is 9.78 Å². The van der Waals surface area contributed by atoms with Crippen molar-refractivity contribution in [3.05, 3.63) is 23.0 Å². The molecule has 0 amide bonds.